The molecular weight excluding hydrogens is 578 g/mol. The molecule has 0 unspecified atom stereocenters. The molecule has 0 saturated carbocycles. The SMILES string of the molecule is CC(C)OC(=O)[C@H](Cc1ccc(OC(=O)N(C)C)cc1)N(C(=O)[C@H]1NC(C)(C)CS1)S(=O)(=O)c1cccc(Cl)c1. The molecule has 0 spiro atoms. The van der Waals surface area contributed by atoms with Gasteiger partial charge in [0.2, 0.25) is 0 Å². The van der Waals surface area contributed by atoms with Crippen molar-refractivity contribution in [2.45, 2.75) is 62.1 Å². The number of esters is 1. The fourth-order valence-electron chi connectivity index (χ4n) is 3.84. The summed E-state index contributed by atoms with van der Waals surface area (Å²) in [7, 11) is -1.47. The number of ether oxygens (including phenoxy) is 2. The Bertz CT molecular complexity index is 1350. The number of halogens is 1. The third kappa shape index (κ3) is 7.90. The molecule has 1 N–H and O–H groups in total. The summed E-state index contributed by atoms with van der Waals surface area (Å²) >= 11 is 7.36. The van der Waals surface area contributed by atoms with Gasteiger partial charge in [-0.15, -0.1) is 11.8 Å². The molecule has 2 aromatic rings. The average molecular weight is 612 g/mol. The van der Waals surface area contributed by atoms with E-state index in [9.17, 15) is 22.8 Å². The Morgan fingerprint density at radius 1 is 1.12 bits per heavy atom. The first-order chi connectivity index (χ1) is 18.6. The van der Waals surface area contributed by atoms with Crippen molar-refractivity contribution >= 4 is 51.4 Å². The minimum atomic E-state index is -4.56. The summed E-state index contributed by atoms with van der Waals surface area (Å²) in [5.41, 5.74) is 0.0892. The Hall–Kier alpha value is -2.80. The van der Waals surface area contributed by atoms with Crippen molar-refractivity contribution in [1.82, 2.24) is 14.5 Å². The van der Waals surface area contributed by atoms with Crippen LogP contribution in [0.3, 0.4) is 0 Å². The smallest absolute Gasteiger partial charge is 0.414 e. The van der Waals surface area contributed by atoms with Crippen LogP contribution in [0.2, 0.25) is 5.02 Å². The highest BCUT2D eigenvalue weighted by Crippen LogP contribution is 2.32. The van der Waals surface area contributed by atoms with E-state index in [0.29, 0.717) is 15.6 Å². The maximum Gasteiger partial charge on any atom is 0.414 e. The molecule has 1 aliphatic heterocycles. The van der Waals surface area contributed by atoms with Crippen LogP contribution in [0, 0.1) is 0 Å². The van der Waals surface area contributed by atoms with Crippen molar-refractivity contribution in [2.24, 2.45) is 0 Å². The molecule has 0 bridgehead atoms. The van der Waals surface area contributed by atoms with Gasteiger partial charge in [0.05, 0.1) is 11.0 Å². The summed E-state index contributed by atoms with van der Waals surface area (Å²) in [6.45, 7) is 7.07. The van der Waals surface area contributed by atoms with E-state index in [4.69, 9.17) is 21.1 Å². The van der Waals surface area contributed by atoms with Gasteiger partial charge in [0, 0.05) is 36.8 Å². The van der Waals surface area contributed by atoms with E-state index in [0.717, 1.165) is 0 Å². The molecule has 0 radical (unpaired) electrons. The molecule has 1 heterocycles. The van der Waals surface area contributed by atoms with Crippen molar-refractivity contribution in [1.29, 1.82) is 0 Å². The van der Waals surface area contributed by atoms with Gasteiger partial charge in [0.1, 0.15) is 17.2 Å². The number of carbonyl (C=O) groups excluding carboxylic acids is 3. The van der Waals surface area contributed by atoms with Gasteiger partial charge < -0.3 is 14.4 Å². The van der Waals surface area contributed by atoms with Gasteiger partial charge in [-0.25, -0.2) is 22.3 Å². The average Bonchev–Trinajstić information content (AvgIpc) is 3.23. The van der Waals surface area contributed by atoms with Crippen LogP contribution in [0.1, 0.15) is 33.3 Å². The number of carbonyl (C=O) groups is 3. The molecule has 218 valence electrons. The van der Waals surface area contributed by atoms with E-state index >= 15 is 0 Å². The van der Waals surface area contributed by atoms with E-state index in [2.05, 4.69) is 5.32 Å². The summed E-state index contributed by atoms with van der Waals surface area (Å²) < 4.78 is 39.4. The van der Waals surface area contributed by atoms with E-state index in [1.54, 1.807) is 40.1 Å². The van der Waals surface area contributed by atoms with Crippen LogP contribution in [0.25, 0.3) is 0 Å². The molecule has 13 heteroatoms. The first kappa shape index (κ1) is 31.7. The Morgan fingerprint density at radius 3 is 2.30 bits per heavy atom. The summed E-state index contributed by atoms with van der Waals surface area (Å²) in [6.07, 6.45) is -1.31. The van der Waals surface area contributed by atoms with Crippen molar-refractivity contribution in [3.05, 3.63) is 59.1 Å². The van der Waals surface area contributed by atoms with Crippen LogP contribution >= 0.6 is 23.4 Å². The molecule has 2 amide bonds. The van der Waals surface area contributed by atoms with E-state index < -0.39 is 51.1 Å². The highest BCUT2D eigenvalue weighted by molar-refractivity contribution is 8.01. The lowest BCUT2D eigenvalue weighted by Gasteiger charge is -2.32. The Kier molecular flexibility index (Phi) is 10.2. The topological polar surface area (TPSA) is 122 Å². The second kappa shape index (κ2) is 12.8. The molecule has 1 saturated heterocycles. The fourth-order valence-corrected chi connectivity index (χ4v) is 7.08. The normalized spacial score (nSPS) is 17.2. The summed E-state index contributed by atoms with van der Waals surface area (Å²) in [5, 5.41) is 2.40. The lowest BCUT2D eigenvalue weighted by atomic mass is 10.1. The number of nitrogens with one attached hydrogen (secondary N) is 1. The Balaban J connectivity index is 2.07. The third-order valence-corrected chi connectivity index (χ3v) is 9.34. The van der Waals surface area contributed by atoms with Gasteiger partial charge in [-0.1, -0.05) is 29.8 Å². The van der Waals surface area contributed by atoms with Crippen molar-refractivity contribution in [3.63, 3.8) is 0 Å². The number of amides is 2. The molecule has 1 fully saturated rings. The number of benzene rings is 2. The minimum absolute atomic E-state index is 0.159. The predicted molar refractivity (Wildman–Crippen MR) is 154 cm³/mol. The Morgan fingerprint density at radius 2 is 1.77 bits per heavy atom. The number of nitrogens with zero attached hydrogens (tertiary/aromatic N) is 2. The van der Waals surface area contributed by atoms with Gasteiger partial charge in [0.15, 0.2) is 0 Å². The number of thioether (sulfide) groups is 1. The zero-order chi connectivity index (χ0) is 29.8. The molecule has 0 aromatic heterocycles. The molecule has 40 heavy (non-hydrogen) atoms. The molecule has 2 aromatic carbocycles. The van der Waals surface area contributed by atoms with Gasteiger partial charge in [0.25, 0.3) is 15.9 Å². The van der Waals surface area contributed by atoms with Crippen LogP contribution in [0.15, 0.2) is 53.4 Å². The van der Waals surface area contributed by atoms with Gasteiger partial charge >= 0.3 is 12.1 Å². The molecule has 0 aliphatic carbocycles. The number of rotatable bonds is 9. The lowest BCUT2D eigenvalue weighted by Crippen LogP contribution is -2.56. The monoisotopic (exact) mass is 611 g/mol. The summed E-state index contributed by atoms with van der Waals surface area (Å²) in [6, 6.07) is 10.2. The second-order valence-corrected chi connectivity index (χ2v) is 13.8. The highest BCUT2D eigenvalue weighted by atomic mass is 35.5. The number of sulfonamides is 1. The van der Waals surface area contributed by atoms with Crippen LogP contribution < -0.4 is 10.1 Å². The standard InChI is InChI=1S/C27H34ClN3O7S2/c1-17(2)37-25(33)22(14-18-10-12-20(13-11-18)38-26(34)30(5)6)31(24(32)23-29-27(3,4)16-39-23)40(35,36)21-9-7-8-19(28)15-21/h7-13,15,17,22-23,29H,14,16H2,1-6H3/t22-,23-/m0/s1. The van der Waals surface area contributed by atoms with Crippen molar-refractivity contribution in [2.75, 3.05) is 19.8 Å². The fraction of sp³-hybridized carbons (Fsp3) is 0.444. The van der Waals surface area contributed by atoms with Crippen LogP contribution in [0.4, 0.5) is 4.79 Å². The summed E-state index contributed by atoms with van der Waals surface area (Å²) in [4.78, 5) is 40.4. The first-order valence-electron chi connectivity index (χ1n) is 12.5. The van der Waals surface area contributed by atoms with E-state index in [1.165, 1.54) is 53.1 Å². The van der Waals surface area contributed by atoms with Crippen molar-refractivity contribution in [3.8, 4) is 5.75 Å². The quantitative estimate of drug-likeness (QED) is 0.420. The molecular formula is C27H34ClN3O7S2. The molecule has 1 aliphatic rings. The molecule has 3 rings (SSSR count). The largest absolute Gasteiger partial charge is 0.461 e. The van der Waals surface area contributed by atoms with Crippen LogP contribution in [0.5, 0.6) is 5.75 Å². The Labute approximate surface area is 244 Å². The van der Waals surface area contributed by atoms with Gasteiger partial charge in [-0.3, -0.25) is 10.1 Å². The zero-order valence-corrected chi connectivity index (χ0v) is 25.6. The third-order valence-electron chi connectivity index (χ3n) is 5.76. The number of hydrogen-bond acceptors (Lipinski definition) is 9. The summed E-state index contributed by atoms with van der Waals surface area (Å²) in [5.74, 6) is -0.850. The van der Waals surface area contributed by atoms with Crippen LogP contribution in [-0.4, -0.2) is 78.5 Å². The maximum atomic E-state index is 14.0. The molecule has 2 atom stereocenters. The van der Waals surface area contributed by atoms with Crippen molar-refractivity contribution < 1.29 is 32.3 Å². The van der Waals surface area contributed by atoms with E-state index in [-0.39, 0.29) is 22.1 Å². The maximum absolute atomic E-state index is 14.0. The highest BCUT2D eigenvalue weighted by Gasteiger charge is 2.46. The van der Waals surface area contributed by atoms with E-state index in [1.807, 2.05) is 13.8 Å². The molecule has 10 nitrogen and oxygen atoms in total. The van der Waals surface area contributed by atoms with Gasteiger partial charge in [-0.2, -0.15) is 0 Å². The second-order valence-electron chi connectivity index (χ2n) is 10.4. The minimum Gasteiger partial charge on any atom is -0.461 e. The predicted octanol–water partition coefficient (Wildman–Crippen LogP) is 3.92. The van der Waals surface area contributed by atoms with Gasteiger partial charge in [-0.05, 0) is 63.6 Å². The van der Waals surface area contributed by atoms with Crippen LogP contribution in [-0.2, 0) is 30.8 Å². The number of hydrogen-bond donors (Lipinski definition) is 1. The lowest BCUT2D eigenvalue weighted by molar-refractivity contribution is -0.155. The first-order valence-corrected chi connectivity index (χ1v) is 15.4. The zero-order valence-electron chi connectivity index (χ0n) is 23.2.